The normalized spacial score (nSPS) is 13.7. The molecule has 9 heavy (non-hydrogen) atoms. The van der Waals surface area contributed by atoms with Crippen LogP contribution in [0.2, 0.25) is 0 Å². The summed E-state index contributed by atoms with van der Waals surface area (Å²) in [4.78, 5) is 0. The van der Waals surface area contributed by atoms with Crippen molar-refractivity contribution in [2.24, 2.45) is 5.73 Å². The predicted octanol–water partition coefficient (Wildman–Crippen LogP) is 1.82. The summed E-state index contributed by atoms with van der Waals surface area (Å²) in [6, 6.07) is 0. The lowest BCUT2D eigenvalue weighted by molar-refractivity contribution is 0.650. The van der Waals surface area contributed by atoms with Crippen LogP contribution in [0.4, 0.5) is 0 Å². The first-order valence-electron chi connectivity index (χ1n) is 3.69. The third kappa shape index (κ3) is 6.19. The molecule has 56 valence electrons. The second-order valence-corrected chi connectivity index (χ2v) is 3.12. The van der Waals surface area contributed by atoms with Crippen molar-refractivity contribution >= 4 is 12.6 Å². The molecule has 0 spiro atoms. The maximum Gasteiger partial charge on any atom is 0.0140 e. The molecule has 0 aromatic heterocycles. The lowest BCUT2D eigenvalue weighted by Gasteiger charge is -2.04. The predicted molar refractivity (Wildman–Crippen MR) is 46.0 cm³/mol. The summed E-state index contributed by atoms with van der Waals surface area (Å²) in [7, 11) is 0. The molecule has 0 rings (SSSR count). The van der Waals surface area contributed by atoms with Crippen LogP contribution in [-0.4, -0.2) is 11.8 Å². The average molecular weight is 147 g/mol. The molecule has 1 unspecified atom stereocenters. The minimum atomic E-state index is 0.427. The van der Waals surface area contributed by atoms with Crippen LogP contribution in [0.3, 0.4) is 0 Å². The summed E-state index contributed by atoms with van der Waals surface area (Å²) >= 11 is 4.28. The van der Waals surface area contributed by atoms with E-state index in [4.69, 9.17) is 5.73 Å². The summed E-state index contributed by atoms with van der Waals surface area (Å²) in [5, 5.41) is 0.427. The second kappa shape index (κ2) is 6.43. The zero-order chi connectivity index (χ0) is 7.11. The van der Waals surface area contributed by atoms with Gasteiger partial charge < -0.3 is 5.73 Å². The number of thiol groups is 1. The molecule has 0 fully saturated rings. The molecule has 1 nitrogen and oxygen atoms in total. The van der Waals surface area contributed by atoms with Crippen LogP contribution in [0.25, 0.3) is 0 Å². The molecule has 0 aliphatic rings. The third-order valence-electron chi connectivity index (χ3n) is 1.41. The van der Waals surface area contributed by atoms with Crippen LogP contribution in [-0.2, 0) is 0 Å². The first-order valence-corrected chi connectivity index (χ1v) is 4.21. The van der Waals surface area contributed by atoms with Gasteiger partial charge in [0.15, 0.2) is 0 Å². The fourth-order valence-electron chi connectivity index (χ4n) is 0.748. The lowest BCUT2D eigenvalue weighted by atomic mass is 10.1. The van der Waals surface area contributed by atoms with Crippen molar-refractivity contribution < 1.29 is 0 Å². The van der Waals surface area contributed by atoms with Gasteiger partial charge in [-0.3, -0.25) is 0 Å². The highest BCUT2D eigenvalue weighted by atomic mass is 32.1. The Morgan fingerprint density at radius 3 is 2.56 bits per heavy atom. The molecule has 0 amide bonds. The molecule has 0 aliphatic heterocycles. The molecule has 0 radical (unpaired) electrons. The van der Waals surface area contributed by atoms with Gasteiger partial charge in [-0.25, -0.2) is 0 Å². The molecule has 1 atom stereocenters. The van der Waals surface area contributed by atoms with Gasteiger partial charge in [-0.2, -0.15) is 12.6 Å². The van der Waals surface area contributed by atoms with E-state index in [2.05, 4.69) is 19.6 Å². The quantitative estimate of drug-likeness (QED) is 0.450. The van der Waals surface area contributed by atoms with Gasteiger partial charge in [-0.15, -0.1) is 0 Å². The zero-order valence-corrected chi connectivity index (χ0v) is 7.03. The van der Waals surface area contributed by atoms with E-state index in [0.717, 1.165) is 0 Å². The Kier molecular flexibility index (Phi) is 6.65. The number of rotatable bonds is 5. The molecule has 0 aliphatic carbocycles. The molecule has 0 saturated carbocycles. The molecule has 0 aromatic carbocycles. The Morgan fingerprint density at radius 2 is 2.11 bits per heavy atom. The van der Waals surface area contributed by atoms with Gasteiger partial charge in [-0.05, 0) is 6.42 Å². The Bertz CT molecular complexity index is 56.9. The van der Waals surface area contributed by atoms with E-state index in [1.54, 1.807) is 0 Å². The smallest absolute Gasteiger partial charge is 0.0140 e. The monoisotopic (exact) mass is 147 g/mol. The largest absolute Gasteiger partial charge is 0.329 e. The molecule has 0 aromatic rings. The van der Waals surface area contributed by atoms with E-state index >= 15 is 0 Å². The SMILES string of the molecule is CCCCCC(S)CN. The van der Waals surface area contributed by atoms with E-state index in [-0.39, 0.29) is 0 Å². The van der Waals surface area contributed by atoms with E-state index in [1.807, 2.05) is 0 Å². The fourth-order valence-corrected chi connectivity index (χ4v) is 0.930. The molecule has 2 heteroatoms. The maximum absolute atomic E-state index is 5.38. The number of unbranched alkanes of at least 4 members (excludes halogenated alkanes) is 2. The highest BCUT2D eigenvalue weighted by Crippen LogP contribution is 2.06. The molecule has 0 saturated heterocycles. The second-order valence-electron chi connectivity index (χ2n) is 2.39. The van der Waals surface area contributed by atoms with Gasteiger partial charge in [0.25, 0.3) is 0 Å². The van der Waals surface area contributed by atoms with E-state index in [9.17, 15) is 0 Å². The van der Waals surface area contributed by atoms with E-state index in [0.29, 0.717) is 11.8 Å². The first kappa shape index (κ1) is 9.31. The fraction of sp³-hybridized carbons (Fsp3) is 1.00. The summed E-state index contributed by atoms with van der Waals surface area (Å²) in [6.45, 7) is 2.92. The topological polar surface area (TPSA) is 26.0 Å². The van der Waals surface area contributed by atoms with Gasteiger partial charge in [0.2, 0.25) is 0 Å². The molecular weight excluding hydrogens is 130 g/mol. The minimum absolute atomic E-state index is 0.427. The molecule has 2 N–H and O–H groups in total. The molecular formula is C7H17NS. The van der Waals surface area contributed by atoms with Crippen molar-refractivity contribution in [2.45, 2.75) is 37.9 Å². The first-order chi connectivity index (χ1) is 4.31. The number of hydrogen-bond acceptors (Lipinski definition) is 2. The molecule has 0 heterocycles. The Balaban J connectivity index is 2.88. The summed E-state index contributed by atoms with van der Waals surface area (Å²) in [5.74, 6) is 0. The van der Waals surface area contributed by atoms with Gasteiger partial charge in [0.1, 0.15) is 0 Å². The van der Waals surface area contributed by atoms with Crippen LogP contribution in [0.1, 0.15) is 32.6 Å². The van der Waals surface area contributed by atoms with Crippen LogP contribution in [0.15, 0.2) is 0 Å². The van der Waals surface area contributed by atoms with Crippen LogP contribution in [0.5, 0.6) is 0 Å². The standard InChI is InChI=1S/C7H17NS/c1-2-3-4-5-7(9)6-8/h7,9H,2-6,8H2,1H3. The van der Waals surface area contributed by atoms with Gasteiger partial charge in [0.05, 0.1) is 0 Å². The van der Waals surface area contributed by atoms with Crippen molar-refractivity contribution in [3.8, 4) is 0 Å². The zero-order valence-electron chi connectivity index (χ0n) is 6.14. The number of nitrogens with two attached hydrogens (primary N) is 1. The van der Waals surface area contributed by atoms with Crippen molar-refractivity contribution in [1.82, 2.24) is 0 Å². The highest BCUT2D eigenvalue weighted by Gasteiger charge is 1.97. The minimum Gasteiger partial charge on any atom is -0.329 e. The van der Waals surface area contributed by atoms with Crippen molar-refractivity contribution in [3.63, 3.8) is 0 Å². The Labute approximate surface area is 63.4 Å². The molecule has 0 bridgehead atoms. The lowest BCUT2D eigenvalue weighted by Crippen LogP contribution is -2.13. The van der Waals surface area contributed by atoms with Crippen molar-refractivity contribution in [1.29, 1.82) is 0 Å². The number of hydrogen-bond donors (Lipinski definition) is 2. The maximum atomic E-state index is 5.38. The van der Waals surface area contributed by atoms with E-state index < -0.39 is 0 Å². The Hall–Kier alpha value is 0.310. The Morgan fingerprint density at radius 1 is 1.44 bits per heavy atom. The van der Waals surface area contributed by atoms with Crippen LogP contribution in [0, 0.1) is 0 Å². The van der Waals surface area contributed by atoms with Crippen LogP contribution < -0.4 is 5.73 Å². The van der Waals surface area contributed by atoms with Crippen molar-refractivity contribution in [3.05, 3.63) is 0 Å². The highest BCUT2D eigenvalue weighted by molar-refractivity contribution is 7.81. The average Bonchev–Trinajstić information content (AvgIpc) is 1.89. The van der Waals surface area contributed by atoms with Gasteiger partial charge in [-0.1, -0.05) is 26.2 Å². The van der Waals surface area contributed by atoms with E-state index in [1.165, 1.54) is 25.7 Å². The summed E-state index contributed by atoms with van der Waals surface area (Å²) in [6.07, 6.45) is 5.05. The van der Waals surface area contributed by atoms with Crippen LogP contribution >= 0.6 is 12.6 Å². The third-order valence-corrected chi connectivity index (χ3v) is 1.88. The van der Waals surface area contributed by atoms with Gasteiger partial charge in [0, 0.05) is 11.8 Å². The summed E-state index contributed by atoms with van der Waals surface area (Å²) in [5.41, 5.74) is 5.38. The van der Waals surface area contributed by atoms with Gasteiger partial charge >= 0.3 is 0 Å². The van der Waals surface area contributed by atoms with Crippen molar-refractivity contribution in [2.75, 3.05) is 6.54 Å². The summed E-state index contributed by atoms with van der Waals surface area (Å²) < 4.78 is 0.